The van der Waals surface area contributed by atoms with Gasteiger partial charge in [0.2, 0.25) is 11.8 Å². The van der Waals surface area contributed by atoms with Crippen LogP contribution in [0.3, 0.4) is 0 Å². The van der Waals surface area contributed by atoms with Crippen molar-refractivity contribution in [1.29, 1.82) is 0 Å². The van der Waals surface area contributed by atoms with Crippen LogP contribution in [0.1, 0.15) is 37.7 Å². The van der Waals surface area contributed by atoms with Crippen molar-refractivity contribution in [1.82, 2.24) is 10.3 Å². The molecule has 1 aromatic heterocycles. The number of hydrogen-bond acceptors (Lipinski definition) is 3. The molecule has 0 radical (unpaired) electrons. The van der Waals surface area contributed by atoms with E-state index in [0.29, 0.717) is 18.9 Å². The zero-order valence-corrected chi connectivity index (χ0v) is 12.2. The van der Waals surface area contributed by atoms with Gasteiger partial charge in [-0.2, -0.15) is 0 Å². The Kier molecular flexibility index (Phi) is 4.18. The molecule has 1 aromatic rings. The van der Waals surface area contributed by atoms with Crippen LogP contribution in [-0.4, -0.2) is 29.9 Å². The lowest BCUT2D eigenvalue weighted by atomic mass is 10.0. The minimum atomic E-state index is -0.0541. The highest BCUT2D eigenvalue weighted by atomic mass is 16.2. The summed E-state index contributed by atoms with van der Waals surface area (Å²) in [4.78, 5) is 29.9. The molecule has 1 fully saturated rings. The summed E-state index contributed by atoms with van der Waals surface area (Å²) in [7, 11) is 0. The van der Waals surface area contributed by atoms with E-state index >= 15 is 0 Å². The summed E-state index contributed by atoms with van der Waals surface area (Å²) in [5.74, 6) is 0.458. The molecule has 1 saturated carbocycles. The molecule has 2 heterocycles. The first-order valence-corrected chi connectivity index (χ1v) is 7.74. The summed E-state index contributed by atoms with van der Waals surface area (Å²) in [5, 5.41) is 2.77. The molecule has 0 unspecified atom stereocenters. The maximum Gasteiger partial charge on any atom is 0.246 e. The number of amides is 2. The van der Waals surface area contributed by atoms with Crippen molar-refractivity contribution in [2.45, 2.75) is 38.5 Å². The van der Waals surface area contributed by atoms with Crippen LogP contribution in [0, 0.1) is 5.92 Å². The molecular weight excluding hydrogens is 266 g/mol. The second-order valence-electron chi connectivity index (χ2n) is 5.93. The van der Waals surface area contributed by atoms with Gasteiger partial charge in [-0.25, -0.2) is 0 Å². The van der Waals surface area contributed by atoms with Crippen molar-refractivity contribution >= 4 is 17.5 Å². The molecule has 0 aromatic carbocycles. The third-order valence-corrected chi connectivity index (χ3v) is 4.47. The molecule has 112 valence electrons. The fourth-order valence-corrected chi connectivity index (χ4v) is 3.30. The fraction of sp³-hybridized carbons (Fsp3) is 0.562. The molecule has 21 heavy (non-hydrogen) atoms. The summed E-state index contributed by atoms with van der Waals surface area (Å²) in [6.45, 7) is 0.762. The van der Waals surface area contributed by atoms with Crippen molar-refractivity contribution in [3.8, 4) is 0 Å². The minimum Gasteiger partial charge on any atom is -0.347 e. The maximum absolute atomic E-state index is 12.2. The SMILES string of the molecule is O=C(CC1CCCC1)NCC(=O)N1CCc2ccncc21. The third-order valence-electron chi connectivity index (χ3n) is 4.47. The molecule has 5 heteroatoms. The standard InChI is InChI=1S/C16H21N3O2/c20-15(9-12-3-1-2-4-12)18-11-16(21)19-8-6-13-5-7-17-10-14(13)19/h5,7,10,12H,1-4,6,8-9,11H2,(H,18,20). The van der Waals surface area contributed by atoms with E-state index in [1.54, 1.807) is 17.3 Å². The smallest absolute Gasteiger partial charge is 0.246 e. The van der Waals surface area contributed by atoms with Gasteiger partial charge < -0.3 is 10.2 Å². The topological polar surface area (TPSA) is 62.3 Å². The molecule has 1 N–H and O–H groups in total. The molecule has 5 nitrogen and oxygen atoms in total. The van der Waals surface area contributed by atoms with E-state index in [4.69, 9.17) is 0 Å². The van der Waals surface area contributed by atoms with Crippen molar-refractivity contribution in [3.63, 3.8) is 0 Å². The van der Waals surface area contributed by atoms with Crippen LogP contribution < -0.4 is 10.2 Å². The Morgan fingerprint density at radius 3 is 2.95 bits per heavy atom. The van der Waals surface area contributed by atoms with Crippen LogP contribution in [-0.2, 0) is 16.0 Å². The van der Waals surface area contributed by atoms with E-state index in [1.165, 1.54) is 12.8 Å². The molecule has 2 aliphatic rings. The van der Waals surface area contributed by atoms with Crippen molar-refractivity contribution in [2.24, 2.45) is 5.92 Å². The van der Waals surface area contributed by atoms with Crippen LogP contribution in [0.25, 0.3) is 0 Å². The Bertz CT molecular complexity index is 538. The minimum absolute atomic E-state index is 0.000794. The number of pyridine rings is 1. The fourth-order valence-electron chi connectivity index (χ4n) is 3.30. The van der Waals surface area contributed by atoms with Gasteiger partial charge in [0.15, 0.2) is 0 Å². The monoisotopic (exact) mass is 287 g/mol. The van der Waals surface area contributed by atoms with Gasteiger partial charge in [0.1, 0.15) is 0 Å². The molecule has 0 bridgehead atoms. The van der Waals surface area contributed by atoms with Gasteiger partial charge in [-0.3, -0.25) is 14.6 Å². The van der Waals surface area contributed by atoms with E-state index < -0.39 is 0 Å². The Hall–Kier alpha value is -1.91. The first kappa shape index (κ1) is 14.0. The van der Waals surface area contributed by atoms with E-state index in [2.05, 4.69) is 10.3 Å². The number of fused-ring (bicyclic) bond motifs is 1. The van der Waals surface area contributed by atoms with Gasteiger partial charge in [0, 0.05) is 19.2 Å². The number of carbonyl (C=O) groups is 2. The van der Waals surface area contributed by atoms with Crippen LogP contribution in [0.15, 0.2) is 18.5 Å². The lowest BCUT2D eigenvalue weighted by Gasteiger charge is -2.17. The number of rotatable bonds is 4. The Morgan fingerprint density at radius 1 is 1.33 bits per heavy atom. The number of anilines is 1. The second-order valence-corrected chi connectivity index (χ2v) is 5.93. The lowest BCUT2D eigenvalue weighted by Crippen LogP contribution is -2.39. The largest absolute Gasteiger partial charge is 0.347 e. The molecule has 0 atom stereocenters. The summed E-state index contributed by atoms with van der Waals surface area (Å²) in [5.41, 5.74) is 2.03. The third kappa shape index (κ3) is 3.23. The lowest BCUT2D eigenvalue weighted by molar-refractivity contribution is -0.125. The molecule has 1 aliphatic heterocycles. The van der Waals surface area contributed by atoms with Gasteiger partial charge in [-0.15, -0.1) is 0 Å². The van der Waals surface area contributed by atoms with Crippen LogP contribution >= 0.6 is 0 Å². The highest BCUT2D eigenvalue weighted by Crippen LogP contribution is 2.27. The quantitative estimate of drug-likeness (QED) is 0.916. The molecule has 0 saturated heterocycles. The number of nitrogens with one attached hydrogen (secondary N) is 1. The van der Waals surface area contributed by atoms with E-state index in [1.807, 2.05) is 6.07 Å². The van der Waals surface area contributed by atoms with E-state index in [0.717, 1.165) is 30.5 Å². The Labute approximate surface area is 124 Å². The number of hydrogen-bond donors (Lipinski definition) is 1. The van der Waals surface area contributed by atoms with Gasteiger partial charge in [-0.05, 0) is 36.8 Å². The molecule has 0 spiro atoms. The Balaban J connectivity index is 1.49. The van der Waals surface area contributed by atoms with Gasteiger partial charge in [0.05, 0.1) is 18.4 Å². The highest BCUT2D eigenvalue weighted by molar-refractivity contribution is 5.98. The highest BCUT2D eigenvalue weighted by Gasteiger charge is 2.25. The van der Waals surface area contributed by atoms with E-state index in [9.17, 15) is 9.59 Å². The van der Waals surface area contributed by atoms with Crippen molar-refractivity contribution < 1.29 is 9.59 Å². The molecule has 2 amide bonds. The number of aromatic nitrogens is 1. The maximum atomic E-state index is 12.2. The average molecular weight is 287 g/mol. The van der Waals surface area contributed by atoms with E-state index in [-0.39, 0.29) is 18.4 Å². The van der Waals surface area contributed by atoms with Crippen LogP contribution in [0.2, 0.25) is 0 Å². The number of nitrogens with zero attached hydrogens (tertiary/aromatic N) is 2. The van der Waals surface area contributed by atoms with Crippen molar-refractivity contribution in [3.05, 3.63) is 24.0 Å². The average Bonchev–Trinajstić information content (AvgIpc) is 3.13. The van der Waals surface area contributed by atoms with Crippen LogP contribution in [0.5, 0.6) is 0 Å². The summed E-state index contributed by atoms with van der Waals surface area (Å²) < 4.78 is 0. The van der Waals surface area contributed by atoms with Crippen molar-refractivity contribution in [2.75, 3.05) is 18.0 Å². The Morgan fingerprint density at radius 2 is 2.14 bits per heavy atom. The predicted octanol–water partition coefficient (Wildman–Crippen LogP) is 1.67. The molecule has 1 aliphatic carbocycles. The normalized spacial score (nSPS) is 17.8. The zero-order chi connectivity index (χ0) is 14.7. The number of carbonyl (C=O) groups excluding carboxylic acids is 2. The second kappa shape index (κ2) is 6.24. The summed E-state index contributed by atoms with van der Waals surface area (Å²) in [6.07, 6.45) is 9.64. The molecule has 3 rings (SSSR count). The van der Waals surface area contributed by atoms with Gasteiger partial charge in [-0.1, -0.05) is 12.8 Å². The first-order valence-electron chi connectivity index (χ1n) is 7.74. The first-order chi connectivity index (χ1) is 10.2. The zero-order valence-electron chi connectivity index (χ0n) is 12.2. The predicted molar refractivity (Wildman–Crippen MR) is 79.9 cm³/mol. The summed E-state index contributed by atoms with van der Waals surface area (Å²) >= 11 is 0. The van der Waals surface area contributed by atoms with Gasteiger partial charge >= 0.3 is 0 Å². The summed E-state index contributed by atoms with van der Waals surface area (Å²) in [6, 6.07) is 1.95. The molecular formula is C16H21N3O2. The van der Waals surface area contributed by atoms with Crippen LogP contribution in [0.4, 0.5) is 5.69 Å². The van der Waals surface area contributed by atoms with Gasteiger partial charge in [0.25, 0.3) is 0 Å².